The van der Waals surface area contributed by atoms with Crippen LogP contribution in [0.1, 0.15) is 23.7 Å². The fraction of sp³-hybridized carbons (Fsp3) is 0.500. The third-order valence-electron chi connectivity index (χ3n) is 3.24. The largest absolute Gasteiger partial charge is 0.481 e. The Balaban J connectivity index is 2.62. The molecule has 1 atom stereocenters. The number of ketones is 1. The Morgan fingerprint density at radius 3 is 2.52 bits per heavy atom. The molecule has 1 unspecified atom stereocenters. The van der Waals surface area contributed by atoms with Crippen molar-refractivity contribution < 1.29 is 19.4 Å². The van der Waals surface area contributed by atoms with Crippen molar-refractivity contribution in [2.24, 2.45) is 5.92 Å². The topological polar surface area (TPSA) is 66.8 Å². The minimum atomic E-state index is -0.848. The number of Topliss-reactive ketones (excluding diaryl/α,β-unsaturated/α-hetero) is 1. The molecule has 1 rings (SSSR count). The lowest BCUT2D eigenvalue weighted by atomic mass is 10.1. The van der Waals surface area contributed by atoms with Gasteiger partial charge in [-0.15, -0.1) is 0 Å². The van der Waals surface area contributed by atoms with Crippen LogP contribution in [0.4, 0.5) is 0 Å². The normalized spacial score (nSPS) is 12.3. The van der Waals surface area contributed by atoms with Gasteiger partial charge in [0.2, 0.25) is 0 Å². The van der Waals surface area contributed by atoms with Crippen LogP contribution in [0.2, 0.25) is 0 Å². The number of rotatable bonds is 10. The molecule has 1 aromatic rings. The van der Waals surface area contributed by atoms with Gasteiger partial charge in [0.05, 0.1) is 12.5 Å². The molecule has 0 heterocycles. The summed E-state index contributed by atoms with van der Waals surface area (Å²) in [6.07, 6.45) is 0.769. The average Bonchev–Trinajstić information content (AvgIpc) is 2.48. The number of ether oxygens (including phenoxy) is 1. The lowest BCUT2D eigenvalue weighted by Gasteiger charge is -2.23. The van der Waals surface area contributed by atoms with E-state index in [9.17, 15) is 9.59 Å². The van der Waals surface area contributed by atoms with Crippen LogP contribution in [0.25, 0.3) is 0 Å². The minimum absolute atomic E-state index is 0.00519. The van der Waals surface area contributed by atoms with Crippen molar-refractivity contribution >= 4 is 11.8 Å². The van der Waals surface area contributed by atoms with E-state index in [0.29, 0.717) is 25.3 Å². The molecule has 0 saturated carbocycles. The Labute approximate surface area is 125 Å². The van der Waals surface area contributed by atoms with Gasteiger partial charge < -0.3 is 9.84 Å². The molecule has 0 amide bonds. The van der Waals surface area contributed by atoms with Gasteiger partial charge in [-0.25, -0.2) is 0 Å². The van der Waals surface area contributed by atoms with E-state index < -0.39 is 11.9 Å². The molecule has 0 spiro atoms. The van der Waals surface area contributed by atoms with Gasteiger partial charge >= 0.3 is 5.97 Å². The maximum absolute atomic E-state index is 12.2. The number of hydrogen-bond acceptors (Lipinski definition) is 4. The average molecular weight is 293 g/mol. The maximum Gasteiger partial charge on any atom is 0.307 e. The van der Waals surface area contributed by atoms with Crippen LogP contribution in [-0.2, 0) is 9.53 Å². The molecule has 116 valence electrons. The third kappa shape index (κ3) is 6.51. The summed E-state index contributed by atoms with van der Waals surface area (Å²) < 4.78 is 5.01. The molecular formula is C16H23NO4. The number of aliphatic carboxylic acids is 1. The Morgan fingerprint density at radius 1 is 1.29 bits per heavy atom. The van der Waals surface area contributed by atoms with Crippen LogP contribution in [0.5, 0.6) is 0 Å². The lowest BCUT2D eigenvalue weighted by molar-refractivity contribution is -0.141. The van der Waals surface area contributed by atoms with E-state index in [1.807, 2.05) is 23.1 Å². The fourth-order valence-corrected chi connectivity index (χ4v) is 2.05. The van der Waals surface area contributed by atoms with Gasteiger partial charge in [-0.2, -0.15) is 0 Å². The number of carboxylic acids is 1. The standard InChI is InChI=1S/C16H23NO4/c1-13(16(19)20)11-17(9-6-10-21-2)12-15(18)14-7-4-3-5-8-14/h3-5,7-8,13H,6,9-12H2,1-2H3,(H,19,20). The predicted molar refractivity (Wildman–Crippen MR) is 80.5 cm³/mol. The molecule has 0 aliphatic heterocycles. The molecule has 0 aliphatic rings. The van der Waals surface area contributed by atoms with E-state index in [2.05, 4.69) is 0 Å². The summed E-state index contributed by atoms with van der Waals surface area (Å²) in [4.78, 5) is 25.1. The van der Waals surface area contributed by atoms with Crippen molar-refractivity contribution in [2.45, 2.75) is 13.3 Å². The first kappa shape index (κ1) is 17.3. The number of carbonyl (C=O) groups is 2. The highest BCUT2D eigenvalue weighted by atomic mass is 16.5. The molecule has 0 fully saturated rings. The third-order valence-corrected chi connectivity index (χ3v) is 3.24. The van der Waals surface area contributed by atoms with Crippen molar-refractivity contribution in [1.82, 2.24) is 4.90 Å². The quantitative estimate of drug-likeness (QED) is 0.527. The zero-order valence-electron chi connectivity index (χ0n) is 12.6. The molecular weight excluding hydrogens is 270 g/mol. The van der Waals surface area contributed by atoms with E-state index in [-0.39, 0.29) is 12.3 Å². The zero-order valence-corrected chi connectivity index (χ0v) is 12.6. The van der Waals surface area contributed by atoms with E-state index in [4.69, 9.17) is 9.84 Å². The van der Waals surface area contributed by atoms with Gasteiger partial charge in [-0.3, -0.25) is 14.5 Å². The summed E-state index contributed by atoms with van der Waals surface area (Å²) in [6, 6.07) is 9.05. The van der Waals surface area contributed by atoms with Crippen LogP contribution < -0.4 is 0 Å². The molecule has 0 aliphatic carbocycles. The van der Waals surface area contributed by atoms with Crippen LogP contribution in [0, 0.1) is 5.92 Å². The first-order valence-electron chi connectivity index (χ1n) is 7.07. The summed E-state index contributed by atoms with van der Waals surface area (Å²) in [5.41, 5.74) is 0.650. The summed E-state index contributed by atoms with van der Waals surface area (Å²) in [5.74, 6) is -1.35. The number of nitrogens with zero attached hydrogens (tertiary/aromatic N) is 1. The Kier molecular flexibility index (Phi) is 7.64. The van der Waals surface area contributed by atoms with Crippen LogP contribution >= 0.6 is 0 Å². The Hall–Kier alpha value is -1.72. The number of carbonyl (C=O) groups excluding carboxylic acids is 1. The first-order chi connectivity index (χ1) is 10.0. The number of methoxy groups -OCH3 is 1. The maximum atomic E-state index is 12.2. The Morgan fingerprint density at radius 2 is 1.95 bits per heavy atom. The van der Waals surface area contributed by atoms with E-state index >= 15 is 0 Å². The van der Waals surface area contributed by atoms with Crippen molar-refractivity contribution in [3.05, 3.63) is 35.9 Å². The van der Waals surface area contributed by atoms with E-state index in [1.165, 1.54) is 0 Å². The molecule has 1 aromatic carbocycles. The fourth-order valence-electron chi connectivity index (χ4n) is 2.05. The van der Waals surface area contributed by atoms with Gasteiger partial charge in [0, 0.05) is 32.4 Å². The van der Waals surface area contributed by atoms with Gasteiger partial charge in [0.25, 0.3) is 0 Å². The van der Waals surface area contributed by atoms with Crippen LogP contribution in [-0.4, -0.2) is 55.1 Å². The van der Waals surface area contributed by atoms with Gasteiger partial charge in [0.15, 0.2) is 5.78 Å². The SMILES string of the molecule is COCCCN(CC(=O)c1ccccc1)CC(C)C(=O)O. The number of benzene rings is 1. The molecule has 21 heavy (non-hydrogen) atoms. The van der Waals surface area contributed by atoms with Crippen molar-refractivity contribution in [3.8, 4) is 0 Å². The second-order valence-electron chi connectivity index (χ2n) is 5.11. The number of hydrogen-bond donors (Lipinski definition) is 1. The highest BCUT2D eigenvalue weighted by molar-refractivity contribution is 5.97. The lowest BCUT2D eigenvalue weighted by Crippen LogP contribution is -2.37. The van der Waals surface area contributed by atoms with Gasteiger partial charge in [-0.1, -0.05) is 37.3 Å². The van der Waals surface area contributed by atoms with Crippen molar-refractivity contribution in [1.29, 1.82) is 0 Å². The molecule has 0 aromatic heterocycles. The molecule has 1 N–H and O–H groups in total. The van der Waals surface area contributed by atoms with Crippen LogP contribution in [0.3, 0.4) is 0 Å². The molecule has 5 nitrogen and oxygen atoms in total. The molecule has 0 bridgehead atoms. The molecule has 0 radical (unpaired) electrons. The monoisotopic (exact) mass is 293 g/mol. The Bertz CT molecular complexity index is 447. The minimum Gasteiger partial charge on any atom is -0.481 e. The summed E-state index contributed by atoms with van der Waals surface area (Å²) in [6.45, 7) is 3.48. The summed E-state index contributed by atoms with van der Waals surface area (Å²) >= 11 is 0. The second-order valence-corrected chi connectivity index (χ2v) is 5.11. The predicted octanol–water partition coefficient (Wildman–Crippen LogP) is 1.93. The van der Waals surface area contributed by atoms with Gasteiger partial charge in [-0.05, 0) is 6.42 Å². The number of carboxylic acid groups (broad SMARTS) is 1. The smallest absolute Gasteiger partial charge is 0.307 e. The van der Waals surface area contributed by atoms with Gasteiger partial charge in [0.1, 0.15) is 0 Å². The van der Waals surface area contributed by atoms with Crippen LogP contribution in [0.15, 0.2) is 30.3 Å². The molecule has 5 heteroatoms. The van der Waals surface area contributed by atoms with Crippen molar-refractivity contribution in [2.75, 3.05) is 33.4 Å². The molecule has 0 saturated heterocycles. The highest BCUT2D eigenvalue weighted by Gasteiger charge is 2.18. The second kappa shape index (κ2) is 9.26. The zero-order chi connectivity index (χ0) is 15.7. The van der Waals surface area contributed by atoms with E-state index in [0.717, 1.165) is 6.42 Å². The summed E-state index contributed by atoms with van der Waals surface area (Å²) in [5, 5.41) is 9.02. The first-order valence-corrected chi connectivity index (χ1v) is 7.07. The summed E-state index contributed by atoms with van der Waals surface area (Å²) in [7, 11) is 1.62. The van der Waals surface area contributed by atoms with E-state index in [1.54, 1.807) is 26.2 Å². The highest BCUT2D eigenvalue weighted by Crippen LogP contribution is 2.06. The van der Waals surface area contributed by atoms with Crippen molar-refractivity contribution in [3.63, 3.8) is 0 Å².